The van der Waals surface area contributed by atoms with Gasteiger partial charge in [-0.2, -0.15) is 0 Å². The van der Waals surface area contributed by atoms with E-state index in [1.54, 1.807) is 21.6 Å². The lowest BCUT2D eigenvalue weighted by Crippen LogP contribution is -2.26. The number of carbonyl (C=O) groups is 2. The topological polar surface area (TPSA) is 86.2 Å². The Morgan fingerprint density at radius 1 is 0.607 bits per heavy atom. The van der Waals surface area contributed by atoms with Crippen LogP contribution in [-0.4, -0.2) is 23.3 Å². The molecule has 0 aliphatic carbocycles. The number of rotatable bonds is 21. The quantitative estimate of drug-likeness (QED) is 0.170. The molecule has 4 nitrogen and oxygen atoms in total. The van der Waals surface area contributed by atoms with Crippen molar-refractivity contribution in [3.63, 3.8) is 0 Å². The van der Waals surface area contributed by atoms with E-state index in [2.05, 4.69) is 13.8 Å². The van der Waals surface area contributed by atoms with Crippen LogP contribution in [0, 0.1) is 11.8 Å². The molecule has 2 atom stereocenters. The van der Waals surface area contributed by atoms with E-state index in [1.165, 1.54) is 64.2 Å². The number of carbonyl (C=O) groups excluding carboxylic acids is 2. The van der Waals surface area contributed by atoms with Gasteiger partial charge >= 0.3 is 0 Å². The molecule has 0 radical (unpaired) electrons. The summed E-state index contributed by atoms with van der Waals surface area (Å²) < 4.78 is 0. The summed E-state index contributed by atoms with van der Waals surface area (Å²) in [5.74, 6) is 0.957. The molecule has 6 heteroatoms. The molecule has 166 valence electrons. The van der Waals surface area contributed by atoms with Gasteiger partial charge in [0.05, 0.1) is 0 Å². The van der Waals surface area contributed by atoms with Crippen LogP contribution in [0.15, 0.2) is 0 Å². The molecule has 28 heavy (non-hydrogen) atoms. The van der Waals surface area contributed by atoms with Crippen LogP contribution in [0.5, 0.6) is 0 Å². The molecule has 4 N–H and O–H groups in total. The third kappa shape index (κ3) is 16.6. The zero-order valence-corrected chi connectivity index (χ0v) is 19.9. The van der Waals surface area contributed by atoms with Crippen LogP contribution in [0.4, 0.5) is 0 Å². The minimum atomic E-state index is -0.194. The minimum absolute atomic E-state index is 0.0609. The van der Waals surface area contributed by atoms with Gasteiger partial charge in [-0.3, -0.25) is 9.59 Å². The van der Waals surface area contributed by atoms with E-state index in [9.17, 15) is 9.59 Å². The van der Waals surface area contributed by atoms with Crippen molar-refractivity contribution in [3.05, 3.63) is 0 Å². The lowest BCUT2D eigenvalue weighted by molar-refractivity contribution is -0.122. The molecule has 0 aliphatic heterocycles. The number of hydrogen-bond donors (Lipinski definition) is 2. The van der Waals surface area contributed by atoms with Gasteiger partial charge in [0.15, 0.2) is 0 Å². The van der Waals surface area contributed by atoms with Gasteiger partial charge in [0.2, 0.25) is 11.8 Å². The highest BCUT2D eigenvalue weighted by Gasteiger charge is 2.18. The molecule has 0 bridgehead atoms. The average molecular weight is 433 g/mol. The smallest absolute Gasteiger partial charge is 0.221 e. The highest BCUT2D eigenvalue weighted by Crippen LogP contribution is 2.29. The van der Waals surface area contributed by atoms with E-state index >= 15 is 0 Å². The van der Waals surface area contributed by atoms with E-state index in [-0.39, 0.29) is 23.7 Å². The van der Waals surface area contributed by atoms with Gasteiger partial charge in [-0.25, -0.2) is 0 Å². The molecule has 0 aromatic rings. The summed E-state index contributed by atoms with van der Waals surface area (Å²) in [4.78, 5) is 23.4. The molecule has 0 saturated heterocycles. The number of primary amides is 2. The van der Waals surface area contributed by atoms with Crippen molar-refractivity contribution in [1.82, 2.24) is 0 Å². The van der Waals surface area contributed by atoms with E-state index in [0.717, 1.165) is 37.2 Å². The minimum Gasteiger partial charge on any atom is -0.369 e. The number of nitrogens with two attached hydrogens (primary N) is 2. The Morgan fingerprint density at radius 2 is 0.929 bits per heavy atom. The van der Waals surface area contributed by atoms with Crippen molar-refractivity contribution in [1.29, 1.82) is 0 Å². The first-order chi connectivity index (χ1) is 13.5. The maximum atomic E-state index is 11.7. The maximum absolute atomic E-state index is 11.7. The predicted molar refractivity (Wildman–Crippen MR) is 126 cm³/mol. The van der Waals surface area contributed by atoms with Crippen LogP contribution in [-0.2, 0) is 9.59 Å². The Balaban J connectivity index is 3.92. The zero-order valence-electron chi connectivity index (χ0n) is 18.3. The van der Waals surface area contributed by atoms with Crippen LogP contribution in [0.25, 0.3) is 0 Å². The third-order valence-corrected chi connectivity index (χ3v) is 7.80. The van der Waals surface area contributed by atoms with Crippen molar-refractivity contribution >= 4 is 33.4 Å². The van der Waals surface area contributed by atoms with Gasteiger partial charge < -0.3 is 11.5 Å². The normalized spacial score (nSPS) is 13.4. The molecular formula is C22H44N2O2S2. The lowest BCUT2D eigenvalue weighted by Gasteiger charge is -2.15. The maximum Gasteiger partial charge on any atom is 0.221 e. The Labute approximate surface area is 181 Å². The molecule has 0 heterocycles. The Hall–Kier alpha value is -0.360. The Bertz CT molecular complexity index is 359. The largest absolute Gasteiger partial charge is 0.369 e. The fourth-order valence-electron chi connectivity index (χ4n) is 3.22. The molecule has 0 aromatic carbocycles. The van der Waals surface area contributed by atoms with Gasteiger partial charge in [-0.05, 0) is 12.8 Å². The first-order valence-corrected chi connectivity index (χ1v) is 13.8. The standard InChI is InChI=1S/C22H44N2O2S2/c1-3-5-7-9-11-13-15-19(21(23)25)17-27-28-18-20(22(24)26)16-14-12-10-8-6-4-2/h19-20H,3-18H2,1-2H3,(H2,23,25)(H2,24,26)/t19-,20-/m1/s1. The van der Waals surface area contributed by atoms with Crippen molar-refractivity contribution in [3.8, 4) is 0 Å². The molecule has 0 unspecified atom stereocenters. The van der Waals surface area contributed by atoms with Crippen molar-refractivity contribution < 1.29 is 9.59 Å². The average Bonchev–Trinajstić information content (AvgIpc) is 2.66. The highest BCUT2D eigenvalue weighted by atomic mass is 33.1. The molecular weight excluding hydrogens is 388 g/mol. The monoisotopic (exact) mass is 432 g/mol. The molecule has 0 spiro atoms. The molecule has 0 aliphatic rings. The summed E-state index contributed by atoms with van der Waals surface area (Å²) in [5.41, 5.74) is 11.1. The molecule has 0 fully saturated rings. The summed E-state index contributed by atoms with van der Waals surface area (Å²) in [6, 6.07) is 0. The van der Waals surface area contributed by atoms with Gasteiger partial charge in [-0.1, -0.05) is 112 Å². The third-order valence-electron chi connectivity index (χ3n) is 5.24. The van der Waals surface area contributed by atoms with E-state index in [0.29, 0.717) is 0 Å². The van der Waals surface area contributed by atoms with Gasteiger partial charge in [0.25, 0.3) is 0 Å². The van der Waals surface area contributed by atoms with Crippen LogP contribution >= 0.6 is 21.6 Å². The Morgan fingerprint density at radius 3 is 1.25 bits per heavy atom. The van der Waals surface area contributed by atoms with E-state index in [1.807, 2.05) is 0 Å². The van der Waals surface area contributed by atoms with Crippen molar-refractivity contribution in [2.75, 3.05) is 11.5 Å². The summed E-state index contributed by atoms with van der Waals surface area (Å²) in [7, 11) is 3.33. The van der Waals surface area contributed by atoms with Crippen LogP contribution in [0.1, 0.15) is 104 Å². The van der Waals surface area contributed by atoms with Crippen molar-refractivity contribution in [2.24, 2.45) is 23.3 Å². The fourth-order valence-corrected chi connectivity index (χ4v) is 5.96. The number of amides is 2. The van der Waals surface area contributed by atoms with Gasteiger partial charge in [0, 0.05) is 23.3 Å². The fraction of sp³-hybridized carbons (Fsp3) is 0.909. The second-order valence-corrected chi connectivity index (χ2v) is 10.4. The molecule has 0 rings (SSSR count). The molecule has 2 amide bonds. The van der Waals surface area contributed by atoms with E-state index < -0.39 is 0 Å². The highest BCUT2D eigenvalue weighted by molar-refractivity contribution is 8.76. The first kappa shape index (κ1) is 27.6. The SMILES string of the molecule is CCCCCCCC[C@H](CSSC[C@@H](CCCCCCCC)C(N)=O)C(N)=O. The predicted octanol–water partition coefficient (Wildman–Crippen LogP) is 6.07. The van der Waals surface area contributed by atoms with Crippen LogP contribution in [0.2, 0.25) is 0 Å². The van der Waals surface area contributed by atoms with Gasteiger partial charge in [-0.15, -0.1) is 0 Å². The van der Waals surface area contributed by atoms with Crippen LogP contribution in [0.3, 0.4) is 0 Å². The van der Waals surface area contributed by atoms with E-state index in [4.69, 9.17) is 11.5 Å². The first-order valence-electron chi connectivity index (χ1n) is 11.4. The zero-order chi connectivity index (χ0) is 21.0. The van der Waals surface area contributed by atoms with Crippen molar-refractivity contribution in [2.45, 2.75) is 104 Å². The summed E-state index contributed by atoms with van der Waals surface area (Å²) in [6.45, 7) is 4.43. The summed E-state index contributed by atoms with van der Waals surface area (Å²) in [5, 5.41) is 0. The lowest BCUT2D eigenvalue weighted by atomic mass is 10.0. The second kappa shape index (κ2) is 19.9. The molecule has 0 saturated carbocycles. The second-order valence-electron chi connectivity index (χ2n) is 7.88. The van der Waals surface area contributed by atoms with Crippen LogP contribution < -0.4 is 11.5 Å². The molecule has 0 aromatic heterocycles. The number of hydrogen-bond acceptors (Lipinski definition) is 4. The summed E-state index contributed by atoms with van der Waals surface area (Å²) in [6.07, 6.45) is 16.5. The Kier molecular flexibility index (Phi) is 19.7. The summed E-state index contributed by atoms with van der Waals surface area (Å²) >= 11 is 0. The number of unbranched alkanes of at least 4 members (excludes halogenated alkanes) is 10. The van der Waals surface area contributed by atoms with Gasteiger partial charge in [0.1, 0.15) is 0 Å².